The zero-order valence-corrected chi connectivity index (χ0v) is 13.9. The molecule has 120 valence electrons. The summed E-state index contributed by atoms with van der Waals surface area (Å²) in [4.78, 5) is 13.0. The van der Waals surface area contributed by atoms with Gasteiger partial charge in [0.2, 0.25) is 0 Å². The Bertz CT molecular complexity index is 871. The first kappa shape index (κ1) is 13.6. The lowest BCUT2D eigenvalue weighted by atomic mass is 9.75. The number of carbonyl (C=O) groups is 1. The fourth-order valence-corrected chi connectivity index (χ4v) is 6.66. The second kappa shape index (κ2) is 4.11. The molecule has 0 aromatic heterocycles. The summed E-state index contributed by atoms with van der Waals surface area (Å²) in [6.45, 7) is 0. The zero-order chi connectivity index (χ0) is 16.7. The minimum Gasteiger partial charge on any atom is -0.299 e. The van der Waals surface area contributed by atoms with Crippen molar-refractivity contribution in [1.29, 1.82) is 0 Å². The molecule has 4 aliphatic rings. The standard InChI is InChI=1S/C24H18O/c25-20-16-22(17-10-4-1-5-11-17)23(18-12-6-2-7-13-18)21(20)24(22,23)19-14-8-3-9-15-19/h1-15,21H,16H2. The van der Waals surface area contributed by atoms with Gasteiger partial charge >= 0.3 is 0 Å². The van der Waals surface area contributed by atoms with Gasteiger partial charge in [0.25, 0.3) is 0 Å². The van der Waals surface area contributed by atoms with Gasteiger partial charge in [0.05, 0.1) is 0 Å². The van der Waals surface area contributed by atoms with Gasteiger partial charge in [-0.3, -0.25) is 4.79 Å². The third-order valence-electron chi connectivity index (χ3n) is 7.17. The molecule has 3 aromatic rings. The van der Waals surface area contributed by atoms with E-state index in [-0.39, 0.29) is 22.2 Å². The third kappa shape index (κ3) is 1.15. The second-order valence-electron chi connectivity index (χ2n) is 7.70. The van der Waals surface area contributed by atoms with Crippen molar-refractivity contribution < 1.29 is 4.79 Å². The molecule has 2 bridgehead atoms. The van der Waals surface area contributed by atoms with E-state index in [0.29, 0.717) is 12.2 Å². The molecule has 0 N–H and O–H groups in total. The summed E-state index contributed by atoms with van der Waals surface area (Å²) in [6, 6.07) is 32.2. The number of benzene rings is 3. The van der Waals surface area contributed by atoms with Crippen molar-refractivity contribution in [3.8, 4) is 0 Å². The van der Waals surface area contributed by atoms with E-state index in [1.165, 1.54) is 16.7 Å². The van der Waals surface area contributed by atoms with Crippen molar-refractivity contribution in [2.24, 2.45) is 5.92 Å². The minimum absolute atomic E-state index is 0.0406. The highest BCUT2D eigenvalue weighted by Crippen LogP contribution is 3.03. The van der Waals surface area contributed by atoms with Gasteiger partial charge in [-0.1, -0.05) is 91.0 Å². The van der Waals surface area contributed by atoms with Gasteiger partial charge in [-0.2, -0.15) is 0 Å². The molecule has 0 heterocycles. The van der Waals surface area contributed by atoms with Crippen LogP contribution >= 0.6 is 0 Å². The highest BCUT2D eigenvalue weighted by atomic mass is 16.1. The van der Waals surface area contributed by atoms with Gasteiger partial charge in [0.1, 0.15) is 5.78 Å². The maximum Gasteiger partial charge on any atom is 0.138 e. The van der Waals surface area contributed by atoms with E-state index < -0.39 is 0 Å². The van der Waals surface area contributed by atoms with Crippen LogP contribution in [-0.4, -0.2) is 5.78 Å². The highest BCUT2D eigenvalue weighted by Gasteiger charge is 3.11. The molecule has 4 saturated carbocycles. The Morgan fingerprint density at radius 3 is 1.44 bits per heavy atom. The van der Waals surface area contributed by atoms with Gasteiger partial charge < -0.3 is 0 Å². The van der Waals surface area contributed by atoms with E-state index in [2.05, 4.69) is 91.0 Å². The molecule has 25 heavy (non-hydrogen) atoms. The summed E-state index contributed by atoms with van der Waals surface area (Å²) in [7, 11) is 0. The molecular formula is C24H18O. The van der Waals surface area contributed by atoms with Gasteiger partial charge in [-0.25, -0.2) is 0 Å². The quantitative estimate of drug-likeness (QED) is 0.698. The Labute approximate surface area is 147 Å². The van der Waals surface area contributed by atoms with Crippen LogP contribution in [-0.2, 0) is 21.0 Å². The van der Waals surface area contributed by atoms with E-state index in [9.17, 15) is 4.79 Å². The van der Waals surface area contributed by atoms with Crippen LogP contribution < -0.4 is 0 Å². The van der Waals surface area contributed by atoms with Crippen molar-refractivity contribution in [2.75, 3.05) is 0 Å². The molecule has 0 aliphatic heterocycles. The van der Waals surface area contributed by atoms with E-state index in [0.717, 1.165) is 0 Å². The van der Waals surface area contributed by atoms with Gasteiger partial charge in [-0.05, 0) is 16.7 Å². The molecule has 7 rings (SSSR count). The van der Waals surface area contributed by atoms with Gasteiger partial charge in [0, 0.05) is 28.6 Å². The molecule has 4 fully saturated rings. The van der Waals surface area contributed by atoms with E-state index in [1.807, 2.05) is 0 Å². The average molecular weight is 322 g/mol. The predicted octanol–water partition coefficient (Wildman–Crippen LogP) is 4.42. The van der Waals surface area contributed by atoms with Crippen LogP contribution in [0.25, 0.3) is 0 Å². The summed E-state index contributed by atoms with van der Waals surface area (Å²) in [6.07, 6.45) is 0.672. The lowest BCUT2D eigenvalue weighted by molar-refractivity contribution is -0.118. The summed E-state index contributed by atoms with van der Waals surface area (Å²) < 4.78 is 0. The topological polar surface area (TPSA) is 17.1 Å². The van der Waals surface area contributed by atoms with Crippen LogP contribution in [0.4, 0.5) is 0 Å². The Kier molecular flexibility index (Phi) is 2.23. The molecule has 2 atom stereocenters. The SMILES string of the molecule is O=C1CC2(c3ccccc3)C3(c4ccccc4)C1C23c1ccccc1. The second-order valence-corrected chi connectivity index (χ2v) is 7.70. The predicted molar refractivity (Wildman–Crippen MR) is 97.5 cm³/mol. The smallest absolute Gasteiger partial charge is 0.138 e. The number of rotatable bonds is 3. The molecule has 0 radical (unpaired) electrons. The van der Waals surface area contributed by atoms with Crippen LogP contribution in [0.2, 0.25) is 0 Å². The summed E-state index contributed by atoms with van der Waals surface area (Å²) in [5, 5.41) is 0. The maximum atomic E-state index is 13.0. The van der Waals surface area contributed by atoms with Gasteiger partial charge in [0.15, 0.2) is 0 Å². The van der Waals surface area contributed by atoms with Crippen LogP contribution in [0.5, 0.6) is 0 Å². The van der Waals surface area contributed by atoms with Crippen LogP contribution in [0.15, 0.2) is 91.0 Å². The van der Waals surface area contributed by atoms with Crippen molar-refractivity contribution in [3.05, 3.63) is 108 Å². The first-order valence-corrected chi connectivity index (χ1v) is 9.01. The lowest BCUT2D eigenvalue weighted by Crippen LogP contribution is -2.26. The summed E-state index contributed by atoms with van der Waals surface area (Å²) in [5.74, 6) is 0.585. The lowest BCUT2D eigenvalue weighted by Gasteiger charge is -2.25. The average Bonchev–Trinajstić information content (AvgIpc) is 3.41. The Morgan fingerprint density at radius 2 is 1.00 bits per heavy atom. The molecular weight excluding hydrogens is 304 g/mol. The molecule has 4 aliphatic carbocycles. The monoisotopic (exact) mass is 322 g/mol. The van der Waals surface area contributed by atoms with Crippen LogP contribution in [0.1, 0.15) is 23.1 Å². The third-order valence-corrected chi connectivity index (χ3v) is 7.17. The van der Waals surface area contributed by atoms with Crippen molar-refractivity contribution >= 4 is 5.78 Å². The zero-order valence-electron chi connectivity index (χ0n) is 13.9. The highest BCUT2D eigenvalue weighted by molar-refractivity contribution is 6.08. The van der Waals surface area contributed by atoms with E-state index in [4.69, 9.17) is 0 Å². The number of hydrogen-bond donors (Lipinski definition) is 0. The normalized spacial score (nSPS) is 36.8. The van der Waals surface area contributed by atoms with Crippen LogP contribution in [0, 0.1) is 5.92 Å². The van der Waals surface area contributed by atoms with Crippen molar-refractivity contribution in [1.82, 2.24) is 0 Å². The first-order chi connectivity index (χ1) is 12.3. The molecule has 1 nitrogen and oxygen atoms in total. The molecule has 0 saturated heterocycles. The fraction of sp³-hybridized carbons (Fsp3) is 0.208. The molecule has 2 unspecified atom stereocenters. The maximum absolute atomic E-state index is 13.0. The largest absolute Gasteiger partial charge is 0.299 e. The number of hydrogen-bond acceptors (Lipinski definition) is 1. The number of carbonyl (C=O) groups excluding carboxylic acids is 1. The summed E-state index contributed by atoms with van der Waals surface area (Å²) >= 11 is 0. The van der Waals surface area contributed by atoms with E-state index in [1.54, 1.807) is 0 Å². The number of ketones is 1. The molecule has 0 spiro atoms. The minimum atomic E-state index is -0.0638. The van der Waals surface area contributed by atoms with E-state index >= 15 is 0 Å². The Morgan fingerprint density at radius 1 is 0.600 bits per heavy atom. The molecule has 3 aromatic carbocycles. The van der Waals surface area contributed by atoms with Crippen molar-refractivity contribution in [3.63, 3.8) is 0 Å². The number of Topliss-reactive ketones (excluding diaryl/α,β-unsaturated/α-hetero) is 1. The number of fused-ring (bicyclic) bond motifs is 1. The molecule has 0 amide bonds. The Balaban J connectivity index is 1.67. The van der Waals surface area contributed by atoms with Gasteiger partial charge in [-0.15, -0.1) is 0 Å². The summed E-state index contributed by atoms with van der Waals surface area (Å²) in [5.41, 5.74) is 3.84. The van der Waals surface area contributed by atoms with Crippen LogP contribution in [0.3, 0.4) is 0 Å². The fourth-order valence-electron chi connectivity index (χ4n) is 6.66. The first-order valence-electron chi connectivity index (χ1n) is 9.01. The Hall–Kier alpha value is -2.67. The molecule has 1 heteroatoms. The van der Waals surface area contributed by atoms with Crippen molar-refractivity contribution in [2.45, 2.75) is 22.7 Å².